The average Bonchev–Trinajstić information content (AvgIpc) is 2.28. The maximum absolute atomic E-state index is 10.8. The van der Waals surface area contributed by atoms with Crippen molar-refractivity contribution in [3.63, 3.8) is 0 Å². The van der Waals surface area contributed by atoms with Crippen LogP contribution in [-0.4, -0.2) is 32.9 Å². The molecule has 94 valence electrons. The fourth-order valence-electron chi connectivity index (χ4n) is 1.29. The van der Waals surface area contributed by atoms with Gasteiger partial charge in [-0.05, 0) is 12.7 Å². The molecule has 0 aliphatic rings. The predicted molar refractivity (Wildman–Crippen MR) is 69.2 cm³/mol. The molecule has 1 aromatic heterocycles. The van der Waals surface area contributed by atoms with Crippen molar-refractivity contribution in [3.05, 3.63) is 16.3 Å². The molecule has 0 aromatic carbocycles. The van der Waals surface area contributed by atoms with Crippen LogP contribution in [0.1, 0.15) is 13.3 Å². The van der Waals surface area contributed by atoms with E-state index in [1.807, 2.05) is 13.2 Å². The van der Waals surface area contributed by atoms with Crippen LogP contribution in [0.3, 0.4) is 0 Å². The smallest absolute Gasteiger partial charge is 0.329 e. The molecule has 3 N–H and O–H groups in total. The molecule has 0 spiro atoms. The number of anilines is 2. The molecule has 7 nitrogen and oxygen atoms in total. The summed E-state index contributed by atoms with van der Waals surface area (Å²) in [5.74, 6) is 1.05. The van der Waals surface area contributed by atoms with Crippen LogP contribution in [-0.2, 0) is 0 Å². The minimum absolute atomic E-state index is 0.0251. The highest BCUT2D eigenvalue weighted by Gasteiger charge is 2.18. The van der Waals surface area contributed by atoms with Gasteiger partial charge in [0.05, 0.1) is 4.92 Å². The lowest BCUT2D eigenvalue weighted by atomic mass is 10.2. The van der Waals surface area contributed by atoms with E-state index in [0.717, 1.165) is 18.4 Å². The fraction of sp³-hybridized carbons (Fsp3) is 0.556. The number of nitrogen functional groups attached to an aromatic ring is 1. The van der Waals surface area contributed by atoms with Gasteiger partial charge in [-0.3, -0.25) is 10.1 Å². The van der Waals surface area contributed by atoms with Gasteiger partial charge in [0, 0.05) is 11.8 Å². The monoisotopic (exact) mass is 257 g/mol. The third-order valence-electron chi connectivity index (χ3n) is 2.19. The van der Waals surface area contributed by atoms with Gasteiger partial charge < -0.3 is 11.1 Å². The van der Waals surface area contributed by atoms with Gasteiger partial charge >= 0.3 is 5.69 Å². The zero-order valence-electron chi connectivity index (χ0n) is 9.71. The molecule has 0 saturated heterocycles. The molecule has 0 aliphatic heterocycles. The van der Waals surface area contributed by atoms with Crippen LogP contribution in [0.5, 0.6) is 0 Å². The second kappa shape index (κ2) is 6.24. The third kappa shape index (κ3) is 3.74. The van der Waals surface area contributed by atoms with Crippen LogP contribution in [0.15, 0.2) is 6.20 Å². The quantitative estimate of drug-likeness (QED) is 0.587. The summed E-state index contributed by atoms with van der Waals surface area (Å²) < 4.78 is 0. The molecule has 1 heterocycles. The van der Waals surface area contributed by atoms with E-state index in [4.69, 9.17) is 5.73 Å². The van der Waals surface area contributed by atoms with Crippen molar-refractivity contribution in [2.24, 2.45) is 0 Å². The molecule has 0 saturated carbocycles. The fourth-order valence-corrected chi connectivity index (χ4v) is 2.01. The average molecular weight is 257 g/mol. The molecule has 1 unspecified atom stereocenters. The summed E-state index contributed by atoms with van der Waals surface area (Å²) in [6.07, 6.45) is 3.95. The van der Waals surface area contributed by atoms with Crippen LogP contribution in [0.25, 0.3) is 0 Å². The Bertz CT molecular complexity index is 401. The number of aromatic nitrogens is 2. The molecule has 8 heteroatoms. The molecule has 0 amide bonds. The second-order valence-corrected chi connectivity index (χ2v) is 4.33. The van der Waals surface area contributed by atoms with E-state index in [1.54, 1.807) is 11.8 Å². The second-order valence-electron chi connectivity index (χ2n) is 3.42. The number of hydrogen-bond donors (Lipinski definition) is 2. The minimum atomic E-state index is -0.520. The van der Waals surface area contributed by atoms with Crippen LogP contribution < -0.4 is 11.1 Å². The van der Waals surface area contributed by atoms with E-state index in [-0.39, 0.29) is 23.5 Å². The summed E-state index contributed by atoms with van der Waals surface area (Å²) in [6, 6.07) is 0.123. The number of nitrogens with zero attached hydrogens (tertiary/aromatic N) is 3. The van der Waals surface area contributed by atoms with Crippen LogP contribution in [0.4, 0.5) is 17.5 Å². The lowest BCUT2D eigenvalue weighted by molar-refractivity contribution is -0.384. The normalized spacial score (nSPS) is 12.1. The maximum atomic E-state index is 10.8. The van der Waals surface area contributed by atoms with E-state index in [2.05, 4.69) is 15.3 Å². The molecular weight excluding hydrogens is 242 g/mol. The predicted octanol–water partition coefficient (Wildman–Crippen LogP) is 1.52. The first kappa shape index (κ1) is 13.5. The zero-order chi connectivity index (χ0) is 12.8. The van der Waals surface area contributed by atoms with Crippen LogP contribution >= 0.6 is 11.8 Å². The van der Waals surface area contributed by atoms with E-state index in [0.29, 0.717) is 0 Å². The summed E-state index contributed by atoms with van der Waals surface area (Å²) in [7, 11) is 0. The van der Waals surface area contributed by atoms with Crippen LogP contribution in [0, 0.1) is 10.1 Å². The lowest BCUT2D eigenvalue weighted by Gasteiger charge is -2.16. The van der Waals surface area contributed by atoms with Crippen molar-refractivity contribution in [1.82, 2.24) is 9.97 Å². The van der Waals surface area contributed by atoms with Crippen molar-refractivity contribution < 1.29 is 4.92 Å². The van der Waals surface area contributed by atoms with Gasteiger partial charge in [-0.1, -0.05) is 6.92 Å². The summed E-state index contributed by atoms with van der Waals surface area (Å²) in [6.45, 7) is 2.00. The summed E-state index contributed by atoms with van der Waals surface area (Å²) in [4.78, 5) is 17.8. The number of nitrogens with one attached hydrogen (secondary N) is 1. The van der Waals surface area contributed by atoms with Gasteiger partial charge in [-0.25, -0.2) is 4.98 Å². The Morgan fingerprint density at radius 2 is 2.41 bits per heavy atom. The molecular formula is C9H15N5O2S. The largest absolute Gasteiger partial charge is 0.368 e. The van der Waals surface area contributed by atoms with Crippen molar-refractivity contribution in [3.8, 4) is 0 Å². The molecule has 0 radical (unpaired) electrons. The Labute approximate surface area is 103 Å². The highest BCUT2D eigenvalue weighted by Crippen LogP contribution is 2.22. The van der Waals surface area contributed by atoms with Crippen molar-refractivity contribution in [2.45, 2.75) is 19.4 Å². The highest BCUT2D eigenvalue weighted by molar-refractivity contribution is 7.98. The summed E-state index contributed by atoms with van der Waals surface area (Å²) in [5, 5.41) is 13.8. The Balaban J connectivity index is 2.94. The lowest BCUT2D eigenvalue weighted by Crippen LogP contribution is -2.22. The Morgan fingerprint density at radius 3 is 2.94 bits per heavy atom. The summed E-state index contributed by atoms with van der Waals surface area (Å²) in [5.41, 5.74) is 5.27. The molecule has 0 aliphatic carbocycles. The zero-order valence-corrected chi connectivity index (χ0v) is 10.5. The van der Waals surface area contributed by atoms with E-state index in [9.17, 15) is 10.1 Å². The molecule has 1 rings (SSSR count). The van der Waals surface area contributed by atoms with Crippen molar-refractivity contribution in [2.75, 3.05) is 23.1 Å². The number of nitro groups is 1. The van der Waals surface area contributed by atoms with E-state index >= 15 is 0 Å². The SMILES string of the molecule is CCC(CSC)Nc1nc(N)ncc1[N+](=O)[O-]. The first-order valence-electron chi connectivity index (χ1n) is 5.10. The van der Waals surface area contributed by atoms with Gasteiger partial charge in [0.25, 0.3) is 0 Å². The van der Waals surface area contributed by atoms with Gasteiger partial charge in [0.15, 0.2) is 0 Å². The molecule has 0 fully saturated rings. The molecule has 1 atom stereocenters. The first-order valence-corrected chi connectivity index (χ1v) is 6.50. The van der Waals surface area contributed by atoms with Crippen LogP contribution in [0.2, 0.25) is 0 Å². The number of nitrogens with two attached hydrogens (primary N) is 1. The number of rotatable bonds is 6. The van der Waals surface area contributed by atoms with Gasteiger partial charge in [0.1, 0.15) is 6.20 Å². The number of thioether (sulfide) groups is 1. The van der Waals surface area contributed by atoms with Crippen molar-refractivity contribution >= 4 is 29.2 Å². The first-order chi connectivity index (χ1) is 8.08. The molecule has 0 bridgehead atoms. The third-order valence-corrected chi connectivity index (χ3v) is 2.92. The Hall–Kier alpha value is -1.57. The van der Waals surface area contributed by atoms with Gasteiger partial charge in [-0.15, -0.1) is 0 Å². The van der Waals surface area contributed by atoms with Gasteiger partial charge in [-0.2, -0.15) is 16.7 Å². The molecule has 17 heavy (non-hydrogen) atoms. The summed E-state index contributed by atoms with van der Waals surface area (Å²) >= 11 is 1.67. The van der Waals surface area contributed by atoms with E-state index in [1.165, 1.54) is 0 Å². The topological polar surface area (TPSA) is 107 Å². The highest BCUT2D eigenvalue weighted by atomic mass is 32.2. The standard InChI is InChI=1S/C9H15N5O2S/c1-3-6(5-17-2)12-8-7(14(15)16)4-11-9(10)13-8/h4,6H,3,5H2,1-2H3,(H3,10,11,12,13). The number of hydrogen-bond acceptors (Lipinski definition) is 7. The van der Waals surface area contributed by atoms with E-state index < -0.39 is 4.92 Å². The Kier molecular flexibility index (Phi) is 4.95. The Morgan fingerprint density at radius 1 is 1.71 bits per heavy atom. The van der Waals surface area contributed by atoms with Gasteiger partial charge in [0.2, 0.25) is 11.8 Å². The van der Waals surface area contributed by atoms with Crippen molar-refractivity contribution in [1.29, 1.82) is 0 Å². The minimum Gasteiger partial charge on any atom is -0.368 e. The molecule has 1 aromatic rings. The maximum Gasteiger partial charge on any atom is 0.329 e.